The summed E-state index contributed by atoms with van der Waals surface area (Å²) < 4.78 is 46.0. The number of amides is 2. The molecule has 0 aliphatic carbocycles. The second-order valence-electron chi connectivity index (χ2n) is 6.26. The fraction of sp³-hybridized carbons (Fsp3) is 0.389. The summed E-state index contributed by atoms with van der Waals surface area (Å²) in [5, 5.41) is -0.0947. The molecule has 0 unspecified atom stereocenters. The number of alkyl halides is 3. The van der Waals surface area contributed by atoms with Crippen LogP contribution in [0, 0.1) is 0 Å². The number of aromatic nitrogens is 1. The lowest BCUT2D eigenvalue weighted by molar-refractivity contribution is -0.274. The van der Waals surface area contributed by atoms with E-state index in [1.54, 1.807) is 6.92 Å². The highest BCUT2D eigenvalue weighted by atomic mass is 19.4. The first-order valence-electron chi connectivity index (χ1n) is 8.81. The summed E-state index contributed by atoms with van der Waals surface area (Å²) in [5.74, 6) is -1.12. The van der Waals surface area contributed by atoms with E-state index in [1.807, 2.05) is 0 Å². The third-order valence-electron chi connectivity index (χ3n) is 4.41. The Kier molecular flexibility index (Phi) is 5.66. The third-order valence-corrected chi connectivity index (χ3v) is 4.41. The van der Waals surface area contributed by atoms with Crippen molar-refractivity contribution in [3.05, 3.63) is 40.2 Å². The molecule has 2 aromatic rings. The van der Waals surface area contributed by atoms with Crippen LogP contribution < -0.4 is 10.2 Å². The largest absolute Gasteiger partial charge is 0.573 e. The molecule has 29 heavy (non-hydrogen) atoms. The lowest BCUT2D eigenvalue weighted by Crippen LogP contribution is -2.51. The van der Waals surface area contributed by atoms with Gasteiger partial charge in [0.2, 0.25) is 5.43 Å². The summed E-state index contributed by atoms with van der Waals surface area (Å²) in [6.45, 7) is 2.83. The highest BCUT2D eigenvalue weighted by molar-refractivity contribution is 5.97. The van der Waals surface area contributed by atoms with Gasteiger partial charge in [-0.05, 0) is 25.1 Å². The number of hydrogen-bond donors (Lipinski definition) is 1. The van der Waals surface area contributed by atoms with E-state index in [0.29, 0.717) is 0 Å². The van der Waals surface area contributed by atoms with E-state index in [-0.39, 0.29) is 49.3 Å². The second-order valence-corrected chi connectivity index (χ2v) is 6.26. The summed E-state index contributed by atoms with van der Waals surface area (Å²) in [6, 6.07) is 3.28. The molecule has 0 spiro atoms. The topological polar surface area (TPSA) is 91.9 Å². The molecule has 1 aromatic heterocycles. The Hall–Kier alpha value is -3.24. The lowest BCUT2D eigenvalue weighted by Gasteiger charge is -2.33. The van der Waals surface area contributed by atoms with Gasteiger partial charge in [-0.15, -0.1) is 13.2 Å². The standard InChI is InChI=1S/C18H18F3N3O5/c1-2-28-17(27)24-7-5-23(6-8-24)16(26)13-10-22-14-4-3-11(29-18(19,20)21)9-12(14)15(13)25/h3-4,9-10H,2,5-8H2,1H3,(H,22,25). The van der Waals surface area contributed by atoms with Gasteiger partial charge in [-0.2, -0.15) is 0 Å². The quantitative estimate of drug-likeness (QED) is 0.834. The van der Waals surface area contributed by atoms with Crippen molar-refractivity contribution in [3.63, 3.8) is 0 Å². The van der Waals surface area contributed by atoms with Gasteiger partial charge in [-0.25, -0.2) is 4.79 Å². The first-order chi connectivity index (χ1) is 13.7. The molecule has 0 radical (unpaired) electrons. The molecule has 1 aromatic carbocycles. The zero-order valence-corrected chi connectivity index (χ0v) is 15.4. The SMILES string of the molecule is CCOC(=O)N1CCN(C(=O)c2c[nH]c3ccc(OC(F)(F)F)cc3c2=O)CC1. The van der Waals surface area contributed by atoms with Gasteiger partial charge in [0.05, 0.1) is 6.61 Å². The fourth-order valence-corrected chi connectivity index (χ4v) is 3.03. The van der Waals surface area contributed by atoms with Gasteiger partial charge in [0.1, 0.15) is 11.3 Å². The molecule has 3 rings (SSSR count). The summed E-state index contributed by atoms with van der Waals surface area (Å²) in [4.78, 5) is 42.8. The molecular formula is C18H18F3N3O5. The van der Waals surface area contributed by atoms with Gasteiger partial charge in [-0.3, -0.25) is 9.59 Å². The van der Waals surface area contributed by atoms with Gasteiger partial charge in [0.25, 0.3) is 5.91 Å². The van der Waals surface area contributed by atoms with Crippen LogP contribution in [0.2, 0.25) is 0 Å². The average Bonchev–Trinajstić information content (AvgIpc) is 2.67. The number of H-pyrrole nitrogens is 1. The smallest absolute Gasteiger partial charge is 0.450 e. The molecular weight excluding hydrogens is 395 g/mol. The molecule has 156 valence electrons. The van der Waals surface area contributed by atoms with Crippen LogP contribution in [-0.2, 0) is 4.74 Å². The van der Waals surface area contributed by atoms with E-state index >= 15 is 0 Å². The van der Waals surface area contributed by atoms with Crippen molar-refractivity contribution < 1.29 is 32.2 Å². The Morgan fingerprint density at radius 2 is 1.79 bits per heavy atom. The summed E-state index contributed by atoms with van der Waals surface area (Å²) in [6.07, 6.45) is -4.14. The highest BCUT2D eigenvalue weighted by Crippen LogP contribution is 2.25. The van der Waals surface area contributed by atoms with Crippen LogP contribution in [0.25, 0.3) is 10.9 Å². The van der Waals surface area contributed by atoms with Crippen molar-refractivity contribution in [2.24, 2.45) is 0 Å². The number of piperazine rings is 1. The van der Waals surface area contributed by atoms with E-state index in [1.165, 1.54) is 22.1 Å². The van der Waals surface area contributed by atoms with Crippen LogP contribution in [0.3, 0.4) is 0 Å². The molecule has 0 atom stereocenters. The highest BCUT2D eigenvalue weighted by Gasteiger charge is 2.31. The first kappa shape index (κ1) is 20.5. The monoisotopic (exact) mass is 413 g/mol. The number of aromatic amines is 1. The van der Waals surface area contributed by atoms with E-state index < -0.39 is 29.5 Å². The maximum Gasteiger partial charge on any atom is 0.573 e. The maximum atomic E-state index is 12.7. The van der Waals surface area contributed by atoms with Crippen LogP contribution in [0.5, 0.6) is 5.75 Å². The molecule has 1 N–H and O–H groups in total. The molecule has 1 aliphatic heterocycles. The maximum absolute atomic E-state index is 12.7. The Balaban J connectivity index is 1.81. The minimum absolute atomic E-state index is 0.0947. The molecule has 11 heteroatoms. The Bertz CT molecular complexity index is 981. The summed E-state index contributed by atoms with van der Waals surface area (Å²) in [7, 11) is 0. The number of carbonyl (C=O) groups excluding carboxylic acids is 2. The minimum atomic E-state index is -4.90. The predicted octanol–water partition coefficient (Wildman–Crippen LogP) is 2.34. The van der Waals surface area contributed by atoms with Crippen LogP contribution in [-0.4, -0.2) is 65.9 Å². The first-order valence-corrected chi connectivity index (χ1v) is 8.81. The number of halogens is 3. The number of nitrogens with one attached hydrogen (secondary N) is 1. The van der Waals surface area contributed by atoms with Gasteiger partial charge >= 0.3 is 12.5 Å². The zero-order chi connectivity index (χ0) is 21.2. The minimum Gasteiger partial charge on any atom is -0.450 e. The van der Waals surface area contributed by atoms with Crippen molar-refractivity contribution in [1.29, 1.82) is 0 Å². The van der Waals surface area contributed by atoms with E-state index in [2.05, 4.69) is 9.72 Å². The fourth-order valence-electron chi connectivity index (χ4n) is 3.03. The number of hydrogen-bond acceptors (Lipinski definition) is 5. The lowest BCUT2D eigenvalue weighted by atomic mass is 10.1. The van der Waals surface area contributed by atoms with E-state index in [9.17, 15) is 27.6 Å². The van der Waals surface area contributed by atoms with Crippen LogP contribution in [0.1, 0.15) is 17.3 Å². The van der Waals surface area contributed by atoms with Gasteiger partial charge in [-0.1, -0.05) is 0 Å². The number of ether oxygens (including phenoxy) is 2. The van der Waals surface area contributed by atoms with Gasteiger partial charge in [0.15, 0.2) is 0 Å². The van der Waals surface area contributed by atoms with Crippen molar-refractivity contribution in [1.82, 2.24) is 14.8 Å². The van der Waals surface area contributed by atoms with Crippen molar-refractivity contribution in [3.8, 4) is 5.75 Å². The number of pyridine rings is 1. The number of fused-ring (bicyclic) bond motifs is 1. The molecule has 2 amide bonds. The van der Waals surface area contributed by atoms with Gasteiger partial charge in [0, 0.05) is 43.3 Å². The Labute approximate surface area is 162 Å². The molecule has 8 nitrogen and oxygen atoms in total. The summed E-state index contributed by atoms with van der Waals surface area (Å²) in [5.41, 5.74) is -0.636. The number of carbonyl (C=O) groups is 2. The number of benzene rings is 1. The average molecular weight is 413 g/mol. The summed E-state index contributed by atoms with van der Waals surface area (Å²) >= 11 is 0. The second kappa shape index (κ2) is 8.02. The molecule has 0 saturated carbocycles. The normalized spacial score (nSPS) is 14.8. The third kappa shape index (κ3) is 4.61. The molecule has 0 bridgehead atoms. The Morgan fingerprint density at radius 3 is 2.41 bits per heavy atom. The number of nitrogens with zero attached hydrogens (tertiary/aromatic N) is 2. The molecule has 1 fully saturated rings. The van der Waals surface area contributed by atoms with Crippen LogP contribution >= 0.6 is 0 Å². The van der Waals surface area contributed by atoms with E-state index in [0.717, 1.165) is 12.1 Å². The zero-order valence-electron chi connectivity index (χ0n) is 15.4. The molecule has 1 saturated heterocycles. The van der Waals surface area contributed by atoms with Crippen molar-refractivity contribution in [2.45, 2.75) is 13.3 Å². The van der Waals surface area contributed by atoms with Crippen molar-refractivity contribution >= 4 is 22.9 Å². The van der Waals surface area contributed by atoms with Crippen LogP contribution in [0.15, 0.2) is 29.2 Å². The molecule has 2 heterocycles. The van der Waals surface area contributed by atoms with Crippen molar-refractivity contribution in [2.75, 3.05) is 32.8 Å². The molecule has 1 aliphatic rings. The predicted molar refractivity (Wildman–Crippen MR) is 95.8 cm³/mol. The van der Waals surface area contributed by atoms with E-state index in [4.69, 9.17) is 4.74 Å². The van der Waals surface area contributed by atoms with Gasteiger partial charge < -0.3 is 24.3 Å². The Morgan fingerprint density at radius 1 is 1.14 bits per heavy atom. The van der Waals surface area contributed by atoms with Crippen LogP contribution in [0.4, 0.5) is 18.0 Å². The number of rotatable bonds is 3.